The lowest BCUT2D eigenvalue weighted by molar-refractivity contribution is 0.440. The monoisotopic (exact) mass is 238 g/mol. The van der Waals surface area contributed by atoms with Crippen LogP contribution in [0.15, 0.2) is 10.8 Å². The molecule has 0 radical (unpaired) electrons. The highest BCUT2D eigenvalue weighted by Gasteiger charge is 2.16. The van der Waals surface area contributed by atoms with Crippen molar-refractivity contribution in [1.29, 1.82) is 0 Å². The molecule has 90 valence electrons. The van der Waals surface area contributed by atoms with Crippen LogP contribution in [0.2, 0.25) is 0 Å². The van der Waals surface area contributed by atoms with Gasteiger partial charge in [-0.05, 0) is 61.5 Å². The van der Waals surface area contributed by atoms with Crippen LogP contribution >= 0.6 is 11.3 Å². The van der Waals surface area contributed by atoms with Crippen molar-refractivity contribution in [3.63, 3.8) is 0 Å². The zero-order valence-corrected chi connectivity index (χ0v) is 11.1. The molecule has 3 heteroatoms. The van der Waals surface area contributed by atoms with Gasteiger partial charge in [0.15, 0.2) is 0 Å². The molecule has 2 rings (SSSR count). The summed E-state index contributed by atoms with van der Waals surface area (Å²) >= 11 is 1.80. The molecule has 0 aromatic carbocycles. The highest BCUT2D eigenvalue weighted by atomic mass is 32.1. The van der Waals surface area contributed by atoms with Gasteiger partial charge in [0.1, 0.15) is 0 Å². The topological polar surface area (TPSA) is 24.1 Å². The van der Waals surface area contributed by atoms with Gasteiger partial charge in [-0.15, -0.1) is 0 Å². The number of thiophene rings is 1. The van der Waals surface area contributed by atoms with E-state index in [1.54, 1.807) is 11.3 Å². The molecule has 0 amide bonds. The Morgan fingerprint density at radius 2 is 2.44 bits per heavy atom. The third kappa shape index (κ3) is 3.30. The Bertz CT molecular complexity index is 315. The van der Waals surface area contributed by atoms with Gasteiger partial charge >= 0.3 is 0 Å². The lowest BCUT2D eigenvalue weighted by Crippen LogP contribution is -2.33. The standard InChI is InChI=1S/C13H22N2S/c1-10-8-16-9-12(10)7-15-11(2)6-13-4-3-5-14-13/h8-9,11,13-15H,3-7H2,1-2H3. The van der Waals surface area contributed by atoms with Gasteiger partial charge in [0.25, 0.3) is 0 Å². The first-order valence-corrected chi connectivity index (χ1v) is 7.18. The zero-order chi connectivity index (χ0) is 11.4. The largest absolute Gasteiger partial charge is 0.314 e. The first kappa shape index (κ1) is 12.1. The first-order chi connectivity index (χ1) is 7.75. The molecule has 0 saturated carbocycles. The second-order valence-electron chi connectivity index (χ2n) is 4.89. The Balaban J connectivity index is 1.71. The second kappa shape index (κ2) is 5.80. The molecule has 0 spiro atoms. The average Bonchev–Trinajstić information content (AvgIpc) is 2.87. The second-order valence-corrected chi connectivity index (χ2v) is 5.63. The quantitative estimate of drug-likeness (QED) is 0.824. The zero-order valence-electron chi connectivity index (χ0n) is 10.3. The van der Waals surface area contributed by atoms with E-state index in [-0.39, 0.29) is 0 Å². The summed E-state index contributed by atoms with van der Waals surface area (Å²) < 4.78 is 0. The molecule has 2 N–H and O–H groups in total. The van der Waals surface area contributed by atoms with Crippen LogP contribution in [0.1, 0.15) is 37.3 Å². The van der Waals surface area contributed by atoms with E-state index in [2.05, 4.69) is 35.2 Å². The van der Waals surface area contributed by atoms with Crippen LogP contribution in [0.3, 0.4) is 0 Å². The summed E-state index contributed by atoms with van der Waals surface area (Å²) in [7, 11) is 0. The summed E-state index contributed by atoms with van der Waals surface area (Å²) in [6.45, 7) is 6.71. The molecular weight excluding hydrogens is 216 g/mol. The van der Waals surface area contributed by atoms with Crippen molar-refractivity contribution in [3.8, 4) is 0 Å². The molecule has 1 saturated heterocycles. The lowest BCUT2D eigenvalue weighted by atomic mass is 10.1. The van der Waals surface area contributed by atoms with Crippen molar-refractivity contribution in [2.45, 2.75) is 51.7 Å². The molecule has 2 unspecified atom stereocenters. The smallest absolute Gasteiger partial charge is 0.0218 e. The molecule has 2 atom stereocenters. The van der Waals surface area contributed by atoms with E-state index in [9.17, 15) is 0 Å². The maximum Gasteiger partial charge on any atom is 0.0218 e. The molecule has 0 aliphatic carbocycles. The fourth-order valence-electron chi connectivity index (χ4n) is 2.32. The molecule has 16 heavy (non-hydrogen) atoms. The van der Waals surface area contributed by atoms with Crippen molar-refractivity contribution in [1.82, 2.24) is 10.6 Å². The van der Waals surface area contributed by atoms with E-state index < -0.39 is 0 Å². The Morgan fingerprint density at radius 1 is 1.56 bits per heavy atom. The molecule has 1 aromatic rings. The van der Waals surface area contributed by atoms with E-state index in [1.165, 1.54) is 36.9 Å². The number of hydrogen-bond acceptors (Lipinski definition) is 3. The van der Waals surface area contributed by atoms with E-state index in [0.29, 0.717) is 6.04 Å². The fraction of sp³-hybridized carbons (Fsp3) is 0.692. The minimum atomic E-state index is 0.606. The van der Waals surface area contributed by atoms with E-state index in [0.717, 1.165) is 12.6 Å². The maximum absolute atomic E-state index is 3.62. The maximum atomic E-state index is 3.62. The van der Waals surface area contributed by atoms with E-state index in [1.807, 2.05) is 0 Å². The minimum Gasteiger partial charge on any atom is -0.314 e. The van der Waals surface area contributed by atoms with Crippen molar-refractivity contribution in [2.24, 2.45) is 0 Å². The van der Waals surface area contributed by atoms with Gasteiger partial charge in [0.05, 0.1) is 0 Å². The number of rotatable bonds is 5. The Labute approximate surface area is 102 Å². The summed E-state index contributed by atoms with van der Waals surface area (Å²) in [6.07, 6.45) is 3.95. The molecule has 1 fully saturated rings. The number of aryl methyl sites for hydroxylation is 1. The minimum absolute atomic E-state index is 0.606. The van der Waals surface area contributed by atoms with Gasteiger partial charge in [-0.25, -0.2) is 0 Å². The number of hydrogen-bond donors (Lipinski definition) is 2. The summed E-state index contributed by atoms with van der Waals surface area (Å²) in [4.78, 5) is 0. The van der Waals surface area contributed by atoms with Gasteiger partial charge in [0.2, 0.25) is 0 Å². The van der Waals surface area contributed by atoms with Crippen molar-refractivity contribution in [3.05, 3.63) is 21.9 Å². The summed E-state index contributed by atoms with van der Waals surface area (Å²) in [5, 5.41) is 11.6. The SMILES string of the molecule is Cc1cscc1CNC(C)CC1CCCN1. The Morgan fingerprint density at radius 3 is 3.06 bits per heavy atom. The van der Waals surface area contributed by atoms with Crippen LogP contribution in [0.25, 0.3) is 0 Å². The first-order valence-electron chi connectivity index (χ1n) is 6.24. The van der Waals surface area contributed by atoms with Crippen molar-refractivity contribution < 1.29 is 0 Å². The third-order valence-corrected chi connectivity index (χ3v) is 4.31. The lowest BCUT2D eigenvalue weighted by Gasteiger charge is -2.18. The normalized spacial score (nSPS) is 22.5. The van der Waals surface area contributed by atoms with Gasteiger partial charge < -0.3 is 10.6 Å². The van der Waals surface area contributed by atoms with Gasteiger partial charge in [-0.2, -0.15) is 11.3 Å². The molecule has 1 aromatic heterocycles. The van der Waals surface area contributed by atoms with Crippen LogP contribution in [0, 0.1) is 6.92 Å². The van der Waals surface area contributed by atoms with E-state index in [4.69, 9.17) is 0 Å². The Kier molecular flexibility index (Phi) is 4.38. The molecular formula is C13H22N2S. The van der Waals surface area contributed by atoms with Crippen molar-refractivity contribution in [2.75, 3.05) is 6.54 Å². The molecule has 0 bridgehead atoms. The highest BCUT2D eigenvalue weighted by Crippen LogP contribution is 2.15. The van der Waals surface area contributed by atoms with Crippen LogP contribution in [0.4, 0.5) is 0 Å². The van der Waals surface area contributed by atoms with Crippen LogP contribution in [0.5, 0.6) is 0 Å². The third-order valence-electron chi connectivity index (χ3n) is 3.40. The average molecular weight is 238 g/mol. The van der Waals surface area contributed by atoms with Crippen LogP contribution in [-0.4, -0.2) is 18.6 Å². The molecule has 1 aliphatic rings. The van der Waals surface area contributed by atoms with Gasteiger partial charge in [-0.3, -0.25) is 0 Å². The predicted molar refractivity (Wildman–Crippen MR) is 71.0 cm³/mol. The van der Waals surface area contributed by atoms with Crippen LogP contribution in [-0.2, 0) is 6.54 Å². The molecule has 2 heterocycles. The molecule has 1 aliphatic heterocycles. The van der Waals surface area contributed by atoms with Gasteiger partial charge in [0, 0.05) is 18.6 Å². The predicted octanol–water partition coefficient (Wildman–Crippen LogP) is 2.68. The highest BCUT2D eigenvalue weighted by molar-refractivity contribution is 7.08. The Hall–Kier alpha value is -0.380. The van der Waals surface area contributed by atoms with Crippen molar-refractivity contribution >= 4 is 11.3 Å². The van der Waals surface area contributed by atoms with Crippen LogP contribution < -0.4 is 10.6 Å². The summed E-state index contributed by atoms with van der Waals surface area (Å²) in [6, 6.07) is 1.35. The summed E-state index contributed by atoms with van der Waals surface area (Å²) in [5.74, 6) is 0. The summed E-state index contributed by atoms with van der Waals surface area (Å²) in [5.41, 5.74) is 2.87. The molecule has 2 nitrogen and oxygen atoms in total. The number of nitrogens with one attached hydrogen (secondary N) is 2. The van der Waals surface area contributed by atoms with Gasteiger partial charge in [-0.1, -0.05) is 0 Å². The van der Waals surface area contributed by atoms with E-state index >= 15 is 0 Å². The fourth-order valence-corrected chi connectivity index (χ4v) is 3.18.